The maximum absolute atomic E-state index is 6.00. The first-order chi connectivity index (χ1) is 8.61. The van der Waals surface area contributed by atoms with Crippen LogP contribution in [0.15, 0.2) is 30.6 Å². The molecule has 0 saturated carbocycles. The fraction of sp³-hybridized carbons (Fsp3) is 0.308. The Balaban J connectivity index is 2.23. The van der Waals surface area contributed by atoms with Crippen molar-refractivity contribution in [1.29, 1.82) is 0 Å². The van der Waals surface area contributed by atoms with Crippen LogP contribution in [0.4, 0.5) is 5.69 Å². The summed E-state index contributed by atoms with van der Waals surface area (Å²) in [6.45, 7) is 2.04. The van der Waals surface area contributed by atoms with Crippen molar-refractivity contribution in [3.63, 3.8) is 0 Å². The molecule has 1 aromatic heterocycles. The normalized spacial score (nSPS) is 12.2. The van der Waals surface area contributed by atoms with Crippen LogP contribution in [0.2, 0.25) is 5.02 Å². The van der Waals surface area contributed by atoms with Gasteiger partial charge in [-0.05, 0) is 25.1 Å². The fourth-order valence-corrected chi connectivity index (χ4v) is 2.06. The van der Waals surface area contributed by atoms with Crippen molar-refractivity contribution >= 4 is 17.3 Å². The second-order valence-corrected chi connectivity index (χ2v) is 4.54. The minimum Gasteiger partial charge on any atom is -0.495 e. The van der Waals surface area contributed by atoms with Gasteiger partial charge in [-0.1, -0.05) is 11.6 Å². The van der Waals surface area contributed by atoms with E-state index in [0.717, 1.165) is 17.3 Å². The van der Waals surface area contributed by atoms with Gasteiger partial charge < -0.3 is 14.6 Å². The van der Waals surface area contributed by atoms with Crippen LogP contribution in [-0.2, 0) is 7.05 Å². The predicted octanol–water partition coefficient (Wildman–Crippen LogP) is 3.26. The second-order valence-electron chi connectivity index (χ2n) is 4.11. The standard InChI is InChI=1S/C13H16ClN3O/c1-9(13-15-6-7-17(13)2)16-11-8-10(14)4-5-12(11)18-3/h4-9,16H,1-3H3. The summed E-state index contributed by atoms with van der Waals surface area (Å²) in [5.74, 6) is 1.72. The molecule has 0 spiro atoms. The first-order valence-corrected chi connectivity index (χ1v) is 6.07. The highest BCUT2D eigenvalue weighted by atomic mass is 35.5. The van der Waals surface area contributed by atoms with Gasteiger partial charge in [0.2, 0.25) is 0 Å². The molecule has 0 aliphatic rings. The molecule has 1 aromatic carbocycles. The van der Waals surface area contributed by atoms with Crippen molar-refractivity contribution < 1.29 is 4.74 Å². The molecule has 1 N–H and O–H groups in total. The van der Waals surface area contributed by atoms with Crippen LogP contribution in [-0.4, -0.2) is 16.7 Å². The van der Waals surface area contributed by atoms with Crippen LogP contribution in [0, 0.1) is 0 Å². The van der Waals surface area contributed by atoms with Gasteiger partial charge >= 0.3 is 0 Å². The van der Waals surface area contributed by atoms with E-state index in [1.807, 2.05) is 36.9 Å². The molecule has 0 aliphatic heterocycles. The summed E-state index contributed by atoms with van der Waals surface area (Å²) in [7, 11) is 3.61. The molecule has 0 fully saturated rings. The van der Waals surface area contributed by atoms with Crippen LogP contribution in [0.5, 0.6) is 5.75 Å². The summed E-state index contributed by atoms with van der Waals surface area (Å²) in [4.78, 5) is 4.32. The third kappa shape index (κ3) is 2.59. The average Bonchev–Trinajstić information content (AvgIpc) is 2.76. The van der Waals surface area contributed by atoms with E-state index in [0.29, 0.717) is 5.02 Å². The zero-order valence-corrected chi connectivity index (χ0v) is 11.4. The Hall–Kier alpha value is -1.68. The minimum absolute atomic E-state index is 0.0670. The zero-order chi connectivity index (χ0) is 13.1. The molecule has 2 aromatic rings. The number of imidazole rings is 1. The number of nitrogens with one attached hydrogen (secondary N) is 1. The SMILES string of the molecule is COc1ccc(Cl)cc1NC(C)c1nccn1C. The summed E-state index contributed by atoms with van der Waals surface area (Å²) >= 11 is 6.00. The molecule has 1 unspecified atom stereocenters. The Bertz CT molecular complexity index is 539. The van der Waals surface area contributed by atoms with Gasteiger partial charge in [0.1, 0.15) is 11.6 Å². The number of aryl methyl sites for hydroxylation is 1. The second kappa shape index (κ2) is 5.31. The summed E-state index contributed by atoms with van der Waals surface area (Å²) in [5.41, 5.74) is 0.862. The van der Waals surface area contributed by atoms with E-state index < -0.39 is 0 Å². The van der Waals surface area contributed by atoms with E-state index in [4.69, 9.17) is 16.3 Å². The highest BCUT2D eigenvalue weighted by Crippen LogP contribution is 2.30. The predicted molar refractivity (Wildman–Crippen MR) is 73.2 cm³/mol. The Morgan fingerprint density at radius 1 is 1.44 bits per heavy atom. The maximum atomic E-state index is 6.00. The number of rotatable bonds is 4. The average molecular weight is 266 g/mol. The maximum Gasteiger partial charge on any atom is 0.142 e. The Kier molecular flexibility index (Phi) is 3.77. The summed E-state index contributed by atoms with van der Waals surface area (Å²) in [6, 6.07) is 5.56. The van der Waals surface area contributed by atoms with E-state index in [1.54, 1.807) is 19.4 Å². The number of ether oxygens (including phenoxy) is 1. The van der Waals surface area contributed by atoms with Gasteiger partial charge in [0, 0.05) is 24.5 Å². The number of hydrogen-bond acceptors (Lipinski definition) is 3. The van der Waals surface area contributed by atoms with Gasteiger partial charge in [-0.2, -0.15) is 0 Å². The van der Waals surface area contributed by atoms with Crippen molar-refractivity contribution in [3.8, 4) is 5.75 Å². The number of nitrogens with zero attached hydrogens (tertiary/aromatic N) is 2. The highest BCUT2D eigenvalue weighted by molar-refractivity contribution is 6.30. The van der Waals surface area contributed by atoms with Crippen molar-refractivity contribution in [2.24, 2.45) is 7.05 Å². The zero-order valence-electron chi connectivity index (χ0n) is 10.6. The van der Waals surface area contributed by atoms with Gasteiger partial charge in [0.05, 0.1) is 18.8 Å². The lowest BCUT2D eigenvalue weighted by Gasteiger charge is -2.17. The number of hydrogen-bond donors (Lipinski definition) is 1. The van der Waals surface area contributed by atoms with Crippen LogP contribution in [0.25, 0.3) is 0 Å². The molecule has 0 bridgehead atoms. The molecule has 0 saturated heterocycles. The first-order valence-electron chi connectivity index (χ1n) is 5.69. The summed E-state index contributed by atoms with van der Waals surface area (Å²) in [5, 5.41) is 4.02. The molecule has 1 heterocycles. The Morgan fingerprint density at radius 2 is 2.22 bits per heavy atom. The van der Waals surface area contributed by atoms with Crippen LogP contribution in [0.1, 0.15) is 18.8 Å². The quantitative estimate of drug-likeness (QED) is 0.922. The monoisotopic (exact) mass is 265 g/mol. The lowest BCUT2D eigenvalue weighted by molar-refractivity contribution is 0.416. The van der Waals surface area contributed by atoms with E-state index in [9.17, 15) is 0 Å². The molecule has 18 heavy (non-hydrogen) atoms. The molecule has 1 atom stereocenters. The van der Waals surface area contributed by atoms with E-state index in [1.165, 1.54) is 0 Å². The first kappa shape index (κ1) is 12.8. The number of anilines is 1. The van der Waals surface area contributed by atoms with Gasteiger partial charge in [-0.15, -0.1) is 0 Å². The number of halogens is 1. The van der Waals surface area contributed by atoms with Gasteiger partial charge in [0.15, 0.2) is 0 Å². The lowest BCUT2D eigenvalue weighted by atomic mass is 10.2. The Morgan fingerprint density at radius 3 is 2.83 bits per heavy atom. The topological polar surface area (TPSA) is 39.1 Å². The largest absolute Gasteiger partial charge is 0.495 e. The molecule has 5 heteroatoms. The number of benzene rings is 1. The van der Waals surface area contributed by atoms with E-state index in [2.05, 4.69) is 10.3 Å². The third-order valence-corrected chi connectivity index (χ3v) is 3.01. The minimum atomic E-state index is 0.0670. The fourth-order valence-electron chi connectivity index (χ4n) is 1.89. The highest BCUT2D eigenvalue weighted by Gasteiger charge is 2.12. The number of methoxy groups -OCH3 is 1. The van der Waals surface area contributed by atoms with E-state index in [-0.39, 0.29) is 6.04 Å². The van der Waals surface area contributed by atoms with Crippen molar-refractivity contribution in [2.45, 2.75) is 13.0 Å². The molecule has 0 radical (unpaired) electrons. The van der Waals surface area contributed by atoms with Gasteiger partial charge in [-0.25, -0.2) is 4.98 Å². The molecule has 0 amide bonds. The van der Waals surface area contributed by atoms with Gasteiger partial charge in [-0.3, -0.25) is 0 Å². The molecular formula is C13H16ClN3O. The van der Waals surface area contributed by atoms with Crippen LogP contribution < -0.4 is 10.1 Å². The molecule has 0 aliphatic carbocycles. The number of aromatic nitrogens is 2. The van der Waals surface area contributed by atoms with E-state index >= 15 is 0 Å². The van der Waals surface area contributed by atoms with Crippen LogP contribution >= 0.6 is 11.6 Å². The van der Waals surface area contributed by atoms with Crippen LogP contribution in [0.3, 0.4) is 0 Å². The third-order valence-electron chi connectivity index (χ3n) is 2.78. The molecular weight excluding hydrogens is 250 g/mol. The summed E-state index contributed by atoms with van der Waals surface area (Å²) in [6.07, 6.45) is 3.70. The summed E-state index contributed by atoms with van der Waals surface area (Å²) < 4.78 is 7.28. The van der Waals surface area contributed by atoms with Gasteiger partial charge in [0.25, 0.3) is 0 Å². The lowest BCUT2D eigenvalue weighted by Crippen LogP contribution is -2.12. The molecule has 96 valence electrons. The van der Waals surface area contributed by atoms with Crippen molar-refractivity contribution in [1.82, 2.24) is 9.55 Å². The van der Waals surface area contributed by atoms with Crippen molar-refractivity contribution in [2.75, 3.05) is 12.4 Å². The smallest absolute Gasteiger partial charge is 0.142 e. The molecule has 4 nitrogen and oxygen atoms in total. The van der Waals surface area contributed by atoms with Crippen molar-refractivity contribution in [3.05, 3.63) is 41.4 Å². The Labute approximate surface area is 112 Å². The molecule has 2 rings (SSSR count).